The smallest absolute Gasteiger partial charge is 0.227 e. The normalized spacial score (nSPS) is 16.3. The lowest BCUT2D eigenvalue weighted by atomic mass is 10.0. The minimum Gasteiger partial charge on any atom is -0.338 e. The predicted molar refractivity (Wildman–Crippen MR) is 84.4 cm³/mol. The highest BCUT2D eigenvalue weighted by atomic mass is 16.1. The van der Waals surface area contributed by atoms with Crippen LogP contribution in [0.3, 0.4) is 0 Å². The first-order valence-corrected chi connectivity index (χ1v) is 7.70. The number of rotatable bonds is 5. The minimum absolute atomic E-state index is 0.0518. The van der Waals surface area contributed by atoms with Crippen LogP contribution in [0.25, 0.3) is 0 Å². The lowest BCUT2D eigenvalue weighted by Crippen LogP contribution is -2.45. The van der Waals surface area contributed by atoms with Crippen LogP contribution in [0, 0.1) is 5.92 Å². The zero-order valence-corrected chi connectivity index (χ0v) is 13.2. The molecule has 21 heavy (non-hydrogen) atoms. The van der Waals surface area contributed by atoms with E-state index in [4.69, 9.17) is 0 Å². The van der Waals surface area contributed by atoms with Gasteiger partial charge in [-0.2, -0.15) is 0 Å². The molecule has 2 heterocycles. The van der Waals surface area contributed by atoms with Crippen LogP contribution < -0.4 is 10.2 Å². The van der Waals surface area contributed by atoms with E-state index in [0.29, 0.717) is 5.69 Å². The summed E-state index contributed by atoms with van der Waals surface area (Å²) in [6, 6.07) is 0. The van der Waals surface area contributed by atoms with Crippen molar-refractivity contribution >= 4 is 17.5 Å². The fourth-order valence-electron chi connectivity index (χ4n) is 2.46. The molecule has 1 aliphatic rings. The van der Waals surface area contributed by atoms with Gasteiger partial charge in [-0.05, 0) is 19.9 Å². The van der Waals surface area contributed by atoms with Gasteiger partial charge in [-0.15, -0.1) is 0 Å². The van der Waals surface area contributed by atoms with Crippen LogP contribution in [-0.4, -0.2) is 54.0 Å². The second-order valence-corrected chi connectivity index (χ2v) is 5.56. The molecule has 0 aromatic carbocycles. The van der Waals surface area contributed by atoms with Gasteiger partial charge >= 0.3 is 0 Å². The van der Waals surface area contributed by atoms with Crippen molar-refractivity contribution in [2.45, 2.75) is 26.7 Å². The Morgan fingerprint density at radius 2 is 1.76 bits per heavy atom. The Balaban J connectivity index is 1.94. The molecule has 0 aliphatic carbocycles. The zero-order valence-electron chi connectivity index (χ0n) is 13.2. The fraction of sp³-hybridized carbons (Fsp3) is 0.667. The molecule has 1 fully saturated rings. The summed E-state index contributed by atoms with van der Waals surface area (Å²) in [4.78, 5) is 25.2. The van der Waals surface area contributed by atoms with Crippen LogP contribution >= 0.6 is 0 Å². The lowest BCUT2D eigenvalue weighted by Gasteiger charge is -2.32. The first kappa shape index (κ1) is 15.7. The molecule has 1 saturated heterocycles. The molecule has 1 aromatic rings. The molecule has 1 amide bonds. The second-order valence-electron chi connectivity index (χ2n) is 5.56. The Bertz CT molecular complexity index is 450. The highest BCUT2D eigenvalue weighted by Gasteiger charge is 2.17. The number of carbonyl (C=O) groups is 1. The van der Waals surface area contributed by atoms with E-state index in [1.54, 1.807) is 12.4 Å². The molecule has 6 heteroatoms. The van der Waals surface area contributed by atoms with Gasteiger partial charge in [0, 0.05) is 32.1 Å². The number of piperazine rings is 1. The first-order chi connectivity index (χ1) is 10.1. The van der Waals surface area contributed by atoms with E-state index >= 15 is 0 Å². The van der Waals surface area contributed by atoms with Gasteiger partial charge in [0.15, 0.2) is 0 Å². The molecule has 0 saturated carbocycles. The van der Waals surface area contributed by atoms with Crippen molar-refractivity contribution in [2.24, 2.45) is 5.92 Å². The molecule has 1 N–H and O–H groups in total. The molecular weight excluding hydrogens is 266 g/mol. The van der Waals surface area contributed by atoms with E-state index in [-0.39, 0.29) is 11.8 Å². The fourth-order valence-corrected chi connectivity index (χ4v) is 2.46. The van der Waals surface area contributed by atoms with Crippen molar-refractivity contribution in [3.63, 3.8) is 0 Å². The predicted octanol–water partition coefficient (Wildman–Crippen LogP) is 1.60. The number of nitrogens with zero attached hydrogens (tertiary/aromatic N) is 4. The number of carbonyl (C=O) groups excluding carboxylic acids is 1. The van der Waals surface area contributed by atoms with Crippen molar-refractivity contribution in [1.29, 1.82) is 0 Å². The largest absolute Gasteiger partial charge is 0.338 e. The Morgan fingerprint density at radius 1 is 1.19 bits per heavy atom. The topological polar surface area (TPSA) is 61.4 Å². The van der Waals surface area contributed by atoms with Crippen LogP contribution in [0.5, 0.6) is 0 Å². The maximum absolute atomic E-state index is 12.0. The van der Waals surface area contributed by atoms with Crippen molar-refractivity contribution in [2.75, 3.05) is 43.4 Å². The van der Waals surface area contributed by atoms with Crippen LogP contribution in [-0.2, 0) is 4.79 Å². The third-order valence-electron chi connectivity index (χ3n) is 4.05. The van der Waals surface area contributed by atoms with Crippen LogP contribution in [0.15, 0.2) is 12.4 Å². The average molecular weight is 291 g/mol. The number of hydrogen-bond acceptors (Lipinski definition) is 5. The SMILES string of the molecule is CCC(CC)C(=O)Nc1cnc(N2CCN(C)CC2)nc1. The van der Waals surface area contributed by atoms with Gasteiger partial charge in [0.2, 0.25) is 11.9 Å². The number of hydrogen-bond donors (Lipinski definition) is 1. The molecule has 116 valence electrons. The van der Waals surface area contributed by atoms with E-state index in [9.17, 15) is 4.79 Å². The van der Waals surface area contributed by atoms with Gasteiger partial charge in [-0.25, -0.2) is 9.97 Å². The number of aromatic nitrogens is 2. The molecule has 1 aliphatic heterocycles. The third kappa shape index (κ3) is 4.14. The number of anilines is 2. The van der Waals surface area contributed by atoms with E-state index in [1.807, 2.05) is 13.8 Å². The average Bonchev–Trinajstić information content (AvgIpc) is 2.50. The number of likely N-dealkylation sites (N-methyl/N-ethyl adjacent to an activating group) is 1. The Hall–Kier alpha value is -1.69. The summed E-state index contributed by atoms with van der Waals surface area (Å²) in [6.07, 6.45) is 5.09. The molecule has 0 unspecified atom stereocenters. The molecule has 0 bridgehead atoms. The molecule has 0 atom stereocenters. The van der Waals surface area contributed by atoms with Crippen molar-refractivity contribution in [3.8, 4) is 0 Å². The molecule has 0 spiro atoms. The Morgan fingerprint density at radius 3 is 2.29 bits per heavy atom. The Kier molecular flexibility index (Phi) is 5.50. The molecule has 0 radical (unpaired) electrons. The van der Waals surface area contributed by atoms with E-state index in [1.165, 1.54) is 0 Å². The minimum atomic E-state index is 0.0518. The highest BCUT2D eigenvalue weighted by molar-refractivity contribution is 5.92. The van der Waals surface area contributed by atoms with Crippen LogP contribution in [0.2, 0.25) is 0 Å². The van der Waals surface area contributed by atoms with Gasteiger partial charge in [0.1, 0.15) is 0 Å². The van der Waals surface area contributed by atoms with E-state index in [0.717, 1.165) is 45.0 Å². The zero-order chi connectivity index (χ0) is 15.2. The van der Waals surface area contributed by atoms with Crippen molar-refractivity contribution in [3.05, 3.63) is 12.4 Å². The van der Waals surface area contributed by atoms with E-state index in [2.05, 4.69) is 32.1 Å². The summed E-state index contributed by atoms with van der Waals surface area (Å²) in [5, 5.41) is 2.89. The van der Waals surface area contributed by atoms with Gasteiger partial charge in [-0.3, -0.25) is 4.79 Å². The molecule has 2 rings (SSSR count). The maximum Gasteiger partial charge on any atom is 0.227 e. The summed E-state index contributed by atoms with van der Waals surface area (Å²) in [5.41, 5.74) is 0.671. The number of amides is 1. The van der Waals surface area contributed by atoms with Gasteiger partial charge in [0.05, 0.1) is 18.1 Å². The molecule has 1 aromatic heterocycles. The summed E-state index contributed by atoms with van der Waals surface area (Å²) in [6.45, 7) is 7.99. The quantitative estimate of drug-likeness (QED) is 0.893. The van der Waals surface area contributed by atoms with Crippen molar-refractivity contribution < 1.29 is 4.79 Å². The van der Waals surface area contributed by atoms with Crippen LogP contribution in [0.4, 0.5) is 11.6 Å². The molecule has 6 nitrogen and oxygen atoms in total. The van der Waals surface area contributed by atoms with Crippen molar-refractivity contribution in [1.82, 2.24) is 14.9 Å². The maximum atomic E-state index is 12.0. The summed E-state index contributed by atoms with van der Waals surface area (Å²) < 4.78 is 0. The van der Waals surface area contributed by atoms with Crippen LogP contribution in [0.1, 0.15) is 26.7 Å². The second kappa shape index (κ2) is 7.36. The number of nitrogens with one attached hydrogen (secondary N) is 1. The van der Waals surface area contributed by atoms with Gasteiger partial charge < -0.3 is 15.1 Å². The monoisotopic (exact) mass is 291 g/mol. The Labute approximate surface area is 126 Å². The third-order valence-corrected chi connectivity index (χ3v) is 4.05. The van der Waals surface area contributed by atoms with Gasteiger partial charge in [-0.1, -0.05) is 13.8 Å². The standard InChI is InChI=1S/C15H25N5O/c1-4-12(5-2)14(21)18-13-10-16-15(17-11-13)20-8-6-19(3)7-9-20/h10-12H,4-9H2,1-3H3,(H,18,21). The lowest BCUT2D eigenvalue weighted by molar-refractivity contribution is -0.120. The van der Waals surface area contributed by atoms with Gasteiger partial charge in [0.25, 0.3) is 0 Å². The first-order valence-electron chi connectivity index (χ1n) is 7.70. The molecular formula is C15H25N5O. The summed E-state index contributed by atoms with van der Waals surface area (Å²) >= 11 is 0. The summed E-state index contributed by atoms with van der Waals surface area (Å²) in [7, 11) is 2.12. The summed E-state index contributed by atoms with van der Waals surface area (Å²) in [5.74, 6) is 0.849. The highest BCUT2D eigenvalue weighted by Crippen LogP contribution is 2.15. The van der Waals surface area contributed by atoms with E-state index < -0.39 is 0 Å².